The molecule has 0 aliphatic rings. The van der Waals surface area contributed by atoms with Crippen molar-refractivity contribution in [2.75, 3.05) is 0 Å². The molecular formula is C11H16O. The van der Waals surface area contributed by atoms with Crippen LogP contribution in [0.2, 0.25) is 0 Å². The summed E-state index contributed by atoms with van der Waals surface area (Å²) in [4.78, 5) is 0. The number of aliphatic hydroxyl groups is 1. The molecule has 0 fully saturated rings. The van der Waals surface area contributed by atoms with E-state index in [1.54, 1.807) is 0 Å². The van der Waals surface area contributed by atoms with Crippen molar-refractivity contribution >= 4 is 0 Å². The minimum absolute atomic E-state index is 0.217. The first kappa shape index (κ1) is 9.27. The van der Waals surface area contributed by atoms with E-state index >= 15 is 0 Å². The van der Waals surface area contributed by atoms with E-state index in [1.165, 1.54) is 5.56 Å². The van der Waals surface area contributed by atoms with Gasteiger partial charge >= 0.3 is 0 Å². The topological polar surface area (TPSA) is 20.2 Å². The van der Waals surface area contributed by atoms with Gasteiger partial charge in [-0.3, -0.25) is 0 Å². The second-order valence-corrected chi connectivity index (χ2v) is 3.41. The largest absolute Gasteiger partial charge is 0.393 e. The van der Waals surface area contributed by atoms with Crippen LogP contribution in [0.4, 0.5) is 0 Å². The zero-order valence-corrected chi connectivity index (χ0v) is 7.70. The molecule has 0 unspecified atom stereocenters. The maximum atomic E-state index is 9.28. The van der Waals surface area contributed by atoms with Gasteiger partial charge in [-0.1, -0.05) is 37.3 Å². The summed E-state index contributed by atoms with van der Waals surface area (Å²) >= 11 is 0. The van der Waals surface area contributed by atoms with E-state index < -0.39 is 0 Å². The minimum atomic E-state index is -0.217. The maximum absolute atomic E-state index is 9.28. The molecular weight excluding hydrogens is 148 g/mol. The molecule has 12 heavy (non-hydrogen) atoms. The molecule has 0 aliphatic heterocycles. The molecule has 1 nitrogen and oxygen atoms in total. The maximum Gasteiger partial charge on any atom is 0.0540 e. The smallest absolute Gasteiger partial charge is 0.0540 e. The molecule has 0 amide bonds. The molecule has 1 heteroatoms. The molecule has 66 valence electrons. The number of hydrogen-bond donors (Lipinski definition) is 1. The van der Waals surface area contributed by atoms with Gasteiger partial charge in [0.2, 0.25) is 0 Å². The third kappa shape index (κ3) is 2.67. The molecule has 1 aromatic carbocycles. The van der Waals surface area contributed by atoms with Crippen LogP contribution in [0, 0.1) is 5.92 Å². The lowest BCUT2D eigenvalue weighted by Crippen LogP contribution is -2.15. The molecule has 0 saturated carbocycles. The van der Waals surface area contributed by atoms with E-state index in [1.807, 2.05) is 25.1 Å². The van der Waals surface area contributed by atoms with Crippen LogP contribution in [0.3, 0.4) is 0 Å². The first-order chi connectivity index (χ1) is 5.70. The van der Waals surface area contributed by atoms with Crippen molar-refractivity contribution in [2.24, 2.45) is 5.92 Å². The number of hydrogen-bond acceptors (Lipinski definition) is 1. The van der Waals surface area contributed by atoms with Gasteiger partial charge in [-0.05, 0) is 24.8 Å². The zero-order valence-electron chi connectivity index (χ0n) is 7.70. The highest BCUT2D eigenvalue weighted by Crippen LogP contribution is 2.11. The van der Waals surface area contributed by atoms with Crippen LogP contribution in [-0.4, -0.2) is 11.2 Å². The minimum Gasteiger partial charge on any atom is -0.393 e. The van der Waals surface area contributed by atoms with Gasteiger partial charge in [0.25, 0.3) is 0 Å². The summed E-state index contributed by atoms with van der Waals surface area (Å²) < 4.78 is 0. The van der Waals surface area contributed by atoms with Crippen molar-refractivity contribution in [2.45, 2.75) is 26.4 Å². The van der Waals surface area contributed by atoms with Crippen molar-refractivity contribution in [1.29, 1.82) is 0 Å². The number of rotatable bonds is 3. The number of benzene rings is 1. The Hall–Kier alpha value is -0.820. The van der Waals surface area contributed by atoms with Gasteiger partial charge in [-0.25, -0.2) is 0 Å². The highest BCUT2D eigenvalue weighted by Gasteiger charge is 2.08. The summed E-state index contributed by atoms with van der Waals surface area (Å²) in [5.41, 5.74) is 1.30. The molecule has 0 saturated heterocycles. The average Bonchev–Trinajstić information content (AvgIpc) is 2.06. The van der Waals surface area contributed by atoms with E-state index in [2.05, 4.69) is 19.1 Å². The summed E-state index contributed by atoms with van der Waals surface area (Å²) in [6.07, 6.45) is 0.739. The van der Waals surface area contributed by atoms with Crippen molar-refractivity contribution in [3.05, 3.63) is 35.9 Å². The Morgan fingerprint density at radius 1 is 1.17 bits per heavy atom. The van der Waals surface area contributed by atoms with Crippen LogP contribution in [0.1, 0.15) is 19.4 Å². The Balaban J connectivity index is 2.53. The van der Waals surface area contributed by atoms with E-state index in [9.17, 15) is 5.11 Å². The van der Waals surface area contributed by atoms with E-state index in [4.69, 9.17) is 0 Å². The number of aliphatic hydroxyl groups excluding tert-OH is 1. The highest BCUT2D eigenvalue weighted by atomic mass is 16.3. The summed E-state index contributed by atoms with van der Waals surface area (Å²) in [5.74, 6) is 0.340. The Bertz CT molecular complexity index is 216. The van der Waals surface area contributed by atoms with Gasteiger partial charge in [0.15, 0.2) is 0 Å². The zero-order chi connectivity index (χ0) is 8.97. The van der Waals surface area contributed by atoms with Crippen LogP contribution >= 0.6 is 0 Å². The van der Waals surface area contributed by atoms with Gasteiger partial charge in [0, 0.05) is 0 Å². The fraction of sp³-hybridized carbons (Fsp3) is 0.455. The van der Waals surface area contributed by atoms with Gasteiger partial charge in [0.1, 0.15) is 0 Å². The van der Waals surface area contributed by atoms with Crippen molar-refractivity contribution in [3.8, 4) is 0 Å². The normalized spacial score (nSPS) is 15.6. The molecule has 0 bridgehead atoms. The fourth-order valence-corrected chi connectivity index (χ4v) is 1.16. The Morgan fingerprint density at radius 2 is 1.75 bits per heavy atom. The first-order valence-electron chi connectivity index (χ1n) is 4.42. The molecule has 0 heterocycles. The lowest BCUT2D eigenvalue weighted by atomic mass is 9.97. The Kier molecular flexibility index (Phi) is 3.30. The molecule has 2 atom stereocenters. The van der Waals surface area contributed by atoms with Gasteiger partial charge in [0.05, 0.1) is 6.10 Å². The van der Waals surface area contributed by atoms with Gasteiger partial charge in [-0.15, -0.1) is 0 Å². The SMILES string of the molecule is C[C@H](Cc1ccccc1)[C@@H](C)O. The lowest BCUT2D eigenvalue weighted by molar-refractivity contribution is 0.135. The monoisotopic (exact) mass is 164 g/mol. The molecule has 0 aliphatic carbocycles. The summed E-state index contributed by atoms with van der Waals surface area (Å²) in [7, 11) is 0. The lowest BCUT2D eigenvalue weighted by Gasteiger charge is -2.13. The van der Waals surface area contributed by atoms with Crippen LogP contribution in [0.5, 0.6) is 0 Å². The molecule has 0 spiro atoms. The predicted octanol–water partition coefficient (Wildman–Crippen LogP) is 2.25. The van der Waals surface area contributed by atoms with Gasteiger partial charge < -0.3 is 5.11 Å². The summed E-state index contributed by atoms with van der Waals surface area (Å²) in [6.45, 7) is 3.91. The van der Waals surface area contributed by atoms with Crippen LogP contribution in [0.25, 0.3) is 0 Å². The second kappa shape index (κ2) is 4.27. The van der Waals surface area contributed by atoms with E-state index in [0.29, 0.717) is 5.92 Å². The molecule has 0 aromatic heterocycles. The fourth-order valence-electron chi connectivity index (χ4n) is 1.16. The molecule has 1 N–H and O–H groups in total. The van der Waals surface area contributed by atoms with Crippen molar-refractivity contribution < 1.29 is 5.11 Å². The van der Waals surface area contributed by atoms with Crippen LogP contribution in [-0.2, 0) is 6.42 Å². The van der Waals surface area contributed by atoms with Crippen LogP contribution < -0.4 is 0 Å². The molecule has 0 radical (unpaired) electrons. The third-order valence-electron chi connectivity index (χ3n) is 2.22. The Labute approximate surface area is 74.1 Å². The van der Waals surface area contributed by atoms with Gasteiger partial charge in [-0.2, -0.15) is 0 Å². The van der Waals surface area contributed by atoms with Crippen molar-refractivity contribution in [3.63, 3.8) is 0 Å². The molecule has 1 aromatic rings. The summed E-state index contributed by atoms with van der Waals surface area (Å²) in [6, 6.07) is 10.3. The van der Waals surface area contributed by atoms with Crippen molar-refractivity contribution in [1.82, 2.24) is 0 Å². The quantitative estimate of drug-likeness (QED) is 0.726. The predicted molar refractivity (Wildman–Crippen MR) is 51.0 cm³/mol. The molecule has 1 rings (SSSR count). The first-order valence-corrected chi connectivity index (χ1v) is 4.42. The average molecular weight is 164 g/mol. The van der Waals surface area contributed by atoms with E-state index in [0.717, 1.165) is 6.42 Å². The standard InChI is InChI=1S/C11H16O/c1-9(10(2)12)8-11-6-4-3-5-7-11/h3-7,9-10,12H,8H2,1-2H3/t9-,10-/m1/s1. The second-order valence-electron chi connectivity index (χ2n) is 3.41. The Morgan fingerprint density at radius 3 is 2.25 bits per heavy atom. The highest BCUT2D eigenvalue weighted by molar-refractivity contribution is 5.15. The van der Waals surface area contributed by atoms with Crippen LogP contribution in [0.15, 0.2) is 30.3 Å². The van der Waals surface area contributed by atoms with E-state index in [-0.39, 0.29) is 6.10 Å². The summed E-state index contributed by atoms with van der Waals surface area (Å²) in [5, 5.41) is 9.28. The third-order valence-corrected chi connectivity index (χ3v) is 2.22.